The second-order valence-electron chi connectivity index (χ2n) is 7.73. The van der Waals surface area contributed by atoms with Gasteiger partial charge in [-0.1, -0.05) is 26.0 Å². The summed E-state index contributed by atoms with van der Waals surface area (Å²) >= 11 is 0. The minimum absolute atomic E-state index is 0.0746. The van der Waals surface area contributed by atoms with Crippen LogP contribution in [0.15, 0.2) is 77.7 Å². The predicted octanol–water partition coefficient (Wildman–Crippen LogP) is 5.03. The lowest BCUT2D eigenvalue weighted by molar-refractivity contribution is 0.0722. The van der Waals surface area contributed by atoms with Crippen molar-refractivity contribution in [2.24, 2.45) is 5.92 Å². The summed E-state index contributed by atoms with van der Waals surface area (Å²) in [6, 6.07) is 16.1. The van der Waals surface area contributed by atoms with E-state index in [0.29, 0.717) is 17.7 Å². The second kappa shape index (κ2) is 9.91. The molecule has 0 heterocycles. The molecule has 0 bridgehead atoms. The topological polar surface area (TPSA) is 63.7 Å². The molecule has 0 aliphatic rings. The molecule has 168 valence electrons. The van der Waals surface area contributed by atoms with Crippen molar-refractivity contribution >= 4 is 16.0 Å². The fourth-order valence-electron chi connectivity index (χ4n) is 3.13. The van der Waals surface area contributed by atoms with Gasteiger partial charge in [0, 0.05) is 18.7 Å². The van der Waals surface area contributed by atoms with Gasteiger partial charge < -0.3 is 9.08 Å². The largest absolute Gasteiger partial charge is 0.379 e. The minimum atomic E-state index is -4.14. The standard InChI is InChI=1S/C24H23F2NO4S/c1-17(2)15-27(24(28)19-6-8-20(25)9-7-19)16-18-4-3-5-22(14-18)31-32(29,30)23-12-10-21(26)11-13-23/h3-14,17H,15-16H2,1-2H3. The summed E-state index contributed by atoms with van der Waals surface area (Å²) in [6.07, 6.45) is 0. The number of amides is 1. The molecule has 0 saturated carbocycles. The van der Waals surface area contributed by atoms with E-state index in [1.807, 2.05) is 13.8 Å². The fraction of sp³-hybridized carbons (Fsp3) is 0.208. The van der Waals surface area contributed by atoms with Crippen LogP contribution in [0.2, 0.25) is 0 Å². The molecule has 0 N–H and O–H groups in total. The summed E-state index contributed by atoms with van der Waals surface area (Å²) < 4.78 is 56.5. The third-order valence-electron chi connectivity index (χ3n) is 4.54. The first-order valence-electron chi connectivity index (χ1n) is 9.98. The van der Waals surface area contributed by atoms with Gasteiger partial charge in [0.15, 0.2) is 0 Å². The lowest BCUT2D eigenvalue weighted by Gasteiger charge is -2.25. The Labute approximate surface area is 186 Å². The molecule has 0 fully saturated rings. The van der Waals surface area contributed by atoms with Crippen LogP contribution in [0.1, 0.15) is 29.8 Å². The smallest absolute Gasteiger partial charge is 0.339 e. The Morgan fingerprint density at radius 3 is 2.12 bits per heavy atom. The zero-order valence-electron chi connectivity index (χ0n) is 17.7. The van der Waals surface area contributed by atoms with Crippen LogP contribution < -0.4 is 4.18 Å². The first kappa shape index (κ1) is 23.4. The minimum Gasteiger partial charge on any atom is -0.379 e. The van der Waals surface area contributed by atoms with Crippen LogP contribution in [-0.4, -0.2) is 25.8 Å². The van der Waals surface area contributed by atoms with Gasteiger partial charge in [-0.05, 0) is 72.1 Å². The summed E-state index contributed by atoms with van der Waals surface area (Å²) in [7, 11) is -4.14. The Hall–Kier alpha value is -3.26. The number of rotatable bonds is 8. The van der Waals surface area contributed by atoms with Gasteiger partial charge in [0.2, 0.25) is 0 Å². The van der Waals surface area contributed by atoms with Gasteiger partial charge in [-0.25, -0.2) is 8.78 Å². The van der Waals surface area contributed by atoms with Crippen LogP contribution in [0.5, 0.6) is 5.75 Å². The highest BCUT2D eigenvalue weighted by atomic mass is 32.2. The third kappa shape index (κ3) is 6.13. The maximum absolute atomic E-state index is 13.2. The van der Waals surface area contributed by atoms with Crippen molar-refractivity contribution in [3.05, 3.63) is 95.6 Å². The Morgan fingerprint density at radius 1 is 0.938 bits per heavy atom. The summed E-state index contributed by atoms with van der Waals surface area (Å²) in [6.45, 7) is 4.61. The predicted molar refractivity (Wildman–Crippen MR) is 117 cm³/mol. The zero-order chi connectivity index (χ0) is 23.3. The van der Waals surface area contributed by atoms with E-state index < -0.39 is 21.8 Å². The number of carbonyl (C=O) groups excluding carboxylic acids is 1. The van der Waals surface area contributed by atoms with Gasteiger partial charge in [-0.15, -0.1) is 0 Å². The number of halogens is 2. The number of carbonyl (C=O) groups is 1. The summed E-state index contributed by atoms with van der Waals surface area (Å²) in [4.78, 5) is 14.4. The number of nitrogens with zero attached hydrogens (tertiary/aromatic N) is 1. The fourth-order valence-corrected chi connectivity index (χ4v) is 4.05. The zero-order valence-corrected chi connectivity index (χ0v) is 18.5. The monoisotopic (exact) mass is 459 g/mol. The van der Waals surface area contributed by atoms with E-state index in [1.165, 1.54) is 36.4 Å². The van der Waals surface area contributed by atoms with Gasteiger partial charge in [0.05, 0.1) is 0 Å². The highest BCUT2D eigenvalue weighted by Gasteiger charge is 2.20. The molecule has 5 nitrogen and oxygen atoms in total. The van der Waals surface area contributed by atoms with Crippen LogP contribution in [0.4, 0.5) is 8.78 Å². The molecule has 8 heteroatoms. The summed E-state index contributed by atoms with van der Waals surface area (Å²) in [5.74, 6) is -0.988. The molecular formula is C24H23F2NO4S. The normalized spacial score (nSPS) is 11.4. The molecule has 1 amide bonds. The van der Waals surface area contributed by atoms with Crippen LogP contribution in [0.25, 0.3) is 0 Å². The summed E-state index contributed by atoms with van der Waals surface area (Å²) in [5, 5.41) is 0. The molecule has 0 atom stereocenters. The van der Waals surface area contributed by atoms with E-state index in [0.717, 1.165) is 24.3 Å². The first-order chi connectivity index (χ1) is 15.1. The van der Waals surface area contributed by atoms with Crippen molar-refractivity contribution in [1.82, 2.24) is 4.90 Å². The average Bonchev–Trinajstić information content (AvgIpc) is 2.73. The highest BCUT2D eigenvalue weighted by Crippen LogP contribution is 2.22. The van der Waals surface area contributed by atoms with Crippen LogP contribution in [0.3, 0.4) is 0 Å². The molecule has 32 heavy (non-hydrogen) atoms. The molecular weight excluding hydrogens is 436 g/mol. The molecule has 0 spiro atoms. The molecule has 0 aliphatic heterocycles. The number of benzene rings is 3. The van der Waals surface area contributed by atoms with Gasteiger partial charge in [-0.2, -0.15) is 8.42 Å². The van der Waals surface area contributed by atoms with Crippen LogP contribution in [0, 0.1) is 17.6 Å². The Morgan fingerprint density at radius 2 is 1.53 bits per heavy atom. The molecule has 3 aromatic rings. The average molecular weight is 460 g/mol. The van der Waals surface area contributed by atoms with Crippen molar-refractivity contribution in [2.45, 2.75) is 25.3 Å². The number of hydrogen-bond donors (Lipinski definition) is 0. The van der Waals surface area contributed by atoms with Crippen molar-refractivity contribution in [3.8, 4) is 5.75 Å². The van der Waals surface area contributed by atoms with Crippen molar-refractivity contribution in [2.75, 3.05) is 6.54 Å². The van der Waals surface area contributed by atoms with Crippen molar-refractivity contribution in [1.29, 1.82) is 0 Å². The van der Waals surface area contributed by atoms with Crippen LogP contribution >= 0.6 is 0 Å². The molecule has 3 aromatic carbocycles. The summed E-state index contributed by atoms with van der Waals surface area (Å²) in [5.41, 5.74) is 1.02. The molecule has 0 saturated heterocycles. The molecule has 0 aromatic heterocycles. The third-order valence-corrected chi connectivity index (χ3v) is 5.81. The van der Waals surface area contributed by atoms with E-state index in [1.54, 1.807) is 17.0 Å². The highest BCUT2D eigenvalue weighted by molar-refractivity contribution is 7.87. The number of hydrogen-bond acceptors (Lipinski definition) is 4. The first-order valence-corrected chi connectivity index (χ1v) is 11.4. The molecule has 0 radical (unpaired) electrons. The van der Waals surface area contributed by atoms with E-state index in [4.69, 9.17) is 4.18 Å². The molecule has 0 unspecified atom stereocenters. The van der Waals surface area contributed by atoms with Gasteiger partial charge in [-0.3, -0.25) is 4.79 Å². The van der Waals surface area contributed by atoms with Gasteiger partial charge >= 0.3 is 10.1 Å². The van der Waals surface area contributed by atoms with E-state index in [-0.39, 0.29) is 29.0 Å². The van der Waals surface area contributed by atoms with Crippen molar-refractivity contribution in [3.63, 3.8) is 0 Å². The van der Waals surface area contributed by atoms with Crippen molar-refractivity contribution < 1.29 is 26.2 Å². The van der Waals surface area contributed by atoms with Gasteiger partial charge in [0.25, 0.3) is 5.91 Å². The second-order valence-corrected chi connectivity index (χ2v) is 9.27. The maximum atomic E-state index is 13.2. The molecule has 0 aliphatic carbocycles. The van der Waals surface area contributed by atoms with E-state index in [9.17, 15) is 22.0 Å². The Kier molecular flexibility index (Phi) is 7.25. The maximum Gasteiger partial charge on any atom is 0.339 e. The van der Waals surface area contributed by atoms with E-state index in [2.05, 4.69) is 0 Å². The lowest BCUT2D eigenvalue weighted by Crippen LogP contribution is -2.33. The Bertz CT molecular complexity index is 1180. The quantitative estimate of drug-likeness (QED) is 0.443. The lowest BCUT2D eigenvalue weighted by atomic mass is 10.1. The van der Waals surface area contributed by atoms with Gasteiger partial charge in [0.1, 0.15) is 22.3 Å². The van der Waals surface area contributed by atoms with E-state index >= 15 is 0 Å². The Balaban J connectivity index is 1.80. The molecule has 3 rings (SSSR count). The SMILES string of the molecule is CC(C)CN(Cc1cccc(OS(=O)(=O)c2ccc(F)cc2)c1)C(=O)c1ccc(F)cc1. The van der Waals surface area contributed by atoms with Crippen LogP contribution in [-0.2, 0) is 16.7 Å².